The monoisotopic (exact) mass is 311 g/mol. The van der Waals surface area contributed by atoms with Crippen LogP contribution in [0.4, 0.5) is 0 Å². The van der Waals surface area contributed by atoms with Gasteiger partial charge in [0.15, 0.2) is 9.84 Å². The van der Waals surface area contributed by atoms with E-state index in [4.69, 9.17) is 0 Å². The molecule has 0 radical (unpaired) electrons. The van der Waals surface area contributed by atoms with Crippen molar-refractivity contribution in [2.75, 3.05) is 25.4 Å². The summed E-state index contributed by atoms with van der Waals surface area (Å²) in [6, 6.07) is 8.77. The third-order valence-electron chi connectivity index (χ3n) is 3.65. The van der Waals surface area contributed by atoms with Gasteiger partial charge >= 0.3 is 0 Å². The Balaban J connectivity index is 2.45. The summed E-state index contributed by atoms with van der Waals surface area (Å²) >= 11 is 0. The SMILES string of the molecule is CCCCN(CCCC)CCCS(=O)(=O)c1ccccc1. The highest BCUT2D eigenvalue weighted by Crippen LogP contribution is 2.11. The van der Waals surface area contributed by atoms with E-state index in [1.165, 1.54) is 25.7 Å². The number of hydrogen-bond acceptors (Lipinski definition) is 3. The number of benzene rings is 1. The molecule has 0 fully saturated rings. The lowest BCUT2D eigenvalue weighted by molar-refractivity contribution is 0.266. The van der Waals surface area contributed by atoms with Crippen LogP contribution in [-0.2, 0) is 9.84 Å². The molecule has 0 atom stereocenters. The largest absolute Gasteiger partial charge is 0.303 e. The summed E-state index contributed by atoms with van der Waals surface area (Å²) in [7, 11) is -3.12. The van der Waals surface area contributed by atoms with Gasteiger partial charge in [-0.3, -0.25) is 0 Å². The second kappa shape index (κ2) is 9.96. The molecule has 21 heavy (non-hydrogen) atoms. The molecule has 0 aliphatic heterocycles. The van der Waals surface area contributed by atoms with Gasteiger partial charge in [0.2, 0.25) is 0 Å². The van der Waals surface area contributed by atoms with Gasteiger partial charge in [0.25, 0.3) is 0 Å². The Labute approximate surface area is 130 Å². The Hall–Kier alpha value is -0.870. The molecule has 0 bridgehead atoms. The van der Waals surface area contributed by atoms with E-state index in [1.807, 2.05) is 6.07 Å². The van der Waals surface area contributed by atoms with Crippen molar-refractivity contribution < 1.29 is 8.42 Å². The summed E-state index contributed by atoms with van der Waals surface area (Å²) in [6.07, 6.45) is 5.46. The van der Waals surface area contributed by atoms with Crippen molar-refractivity contribution >= 4 is 9.84 Å². The van der Waals surface area contributed by atoms with Crippen LogP contribution in [0.1, 0.15) is 46.0 Å². The molecular formula is C17H29NO2S. The lowest BCUT2D eigenvalue weighted by atomic mass is 10.2. The van der Waals surface area contributed by atoms with Crippen molar-refractivity contribution in [1.29, 1.82) is 0 Å². The highest BCUT2D eigenvalue weighted by atomic mass is 32.2. The van der Waals surface area contributed by atoms with Crippen molar-refractivity contribution in [3.8, 4) is 0 Å². The summed E-state index contributed by atoms with van der Waals surface area (Å²) in [6.45, 7) is 7.44. The minimum Gasteiger partial charge on any atom is -0.303 e. The molecule has 0 aliphatic rings. The van der Waals surface area contributed by atoms with E-state index in [1.54, 1.807) is 24.3 Å². The van der Waals surface area contributed by atoms with Crippen LogP contribution in [0, 0.1) is 0 Å². The summed E-state index contributed by atoms with van der Waals surface area (Å²) < 4.78 is 24.4. The van der Waals surface area contributed by atoms with Crippen LogP contribution in [-0.4, -0.2) is 38.7 Å². The fraction of sp³-hybridized carbons (Fsp3) is 0.647. The number of sulfone groups is 1. The Kier molecular flexibility index (Phi) is 8.62. The fourth-order valence-electron chi connectivity index (χ4n) is 2.32. The van der Waals surface area contributed by atoms with E-state index in [0.29, 0.717) is 11.3 Å². The number of nitrogens with zero attached hydrogens (tertiary/aromatic N) is 1. The highest BCUT2D eigenvalue weighted by Gasteiger charge is 2.14. The van der Waals surface area contributed by atoms with Gasteiger partial charge < -0.3 is 4.90 Å². The predicted octanol–water partition coefficient (Wildman–Crippen LogP) is 3.75. The molecular weight excluding hydrogens is 282 g/mol. The fourth-order valence-corrected chi connectivity index (χ4v) is 3.64. The van der Waals surface area contributed by atoms with E-state index < -0.39 is 9.84 Å². The normalized spacial score (nSPS) is 12.0. The number of rotatable bonds is 11. The number of unbranched alkanes of at least 4 members (excludes halogenated alkanes) is 2. The van der Waals surface area contributed by atoms with Crippen LogP contribution in [0.15, 0.2) is 35.2 Å². The van der Waals surface area contributed by atoms with Crippen LogP contribution in [0.2, 0.25) is 0 Å². The first-order chi connectivity index (χ1) is 10.1. The van der Waals surface area contributed by atoms with Crippen LogP contribution in [0.3, 0.4) is 0 Å². The molecule has 0 unspecified atom stereocenters. The van der Waals surface area contributed by atoms with E-state index in [0.717, 1.165) is 19.6 Å². The van der Waals surface area contributed by atoms with E-state index in [9.17, 15) is 8.42 Å². The van der Waals surface area contributed by atoms with E-state index in [-0.39, 0.29) is 5.75 Å². The average molecular weight is 311 g/mol. The molecule has 1 aromatic rings. The van der Waals surface area contributed by atoms with Crippen molar-refractivity contribution in [2.24, 2.45) is 0 Å². The Morgan fingerprint density at radius 3 is 1.90 bits per heavy atom. The maximum atomic E-state index is 12.2. The van der Waals surface area contributed by atoms with E-state index >= 15 is 0 Å². The minimum absolute atomic E-state index is 0.242. The van der Waals surface area contributed by atoms with Gasteiger partial charge in [0.05, 0.1) is 10.6 Å². The zero-order valence-corrected chi connectivity index (χ0v) is 14.2. The van der Waals surface area contributed by atoms with Crippen LogP contribution >= 0.6 is 0 Å². The summed E-state index contributed by atoms with van der Waals surface area (Å²) in [5.74, 6) is 0.242. The molecule has 0 saturated heterocycles. The second-order valence-corrected chi connectivity index (χ2v) is 7.64. The van der Waals surface area contributed by atoms with Crippen molar-refractivity contribution in [2.45, 2.75) is 50.8 Å². The first kappa shape index (κ1) is 18.2. The van der Waals surface area contributed by atoms with Crippen molar-refractivity contribution in [3.05, 3.63) is 30.3 Å². The zero-order valence-electron chi connectivity index (χ0n) is 13.4. The highest BCUT2D eigenvalue weighted by molar-refractivity contribution is 7.91. The van der Waals surface area contributed by atoms with Gasteiger partial charge in [0.1, 0.15) is 0 Å². The minimum atomic E-state index is -3.12. The van der Waals surface area contributed by atoms with Gasteiger partial charge in [-0.15, -0.1) is 0 Å². The third kappa shape index (κ3) is 7.09. The molecule has 0 N–H and O–H groups in total. The molecule has 4 heteroatoms. The van der Waals surface area contributed by atoms with E-state index in [2.05, 4.69) is 18.7 Å². The quantitative estimate of drug-likeness (QED) is 0.624. The molecule has 0 saturated carbocycles. The molecule has 0 spiro atoms. The standard InChI is InChI=1S/C17H29NO2S/c1-3-5-13-18(14-6-4-2)15-10-16-21(19,20)17-11-8-7-9-12-17/h7-9,11-12H,3-6,10,13-16H2,1-2H3. The number of hydrogen-bond donors (Lipinski definition) is 0. The maximum Gasteiger partial charge on any atom is 0.178 e. The summed E-state index contributed by atoms with van der Waals surface area (Å²) in [5.41, 5.74) is 0. The van der Waals surface area contributed by atoms with Gasteiger partial charge in [-0.1, -0.05) is 44.9 Å². The Morgan fingerprint density at radius 2 is 1.38 bits per heavy atom. The van der Waals surface area contributed by atoms with Gasteiger partial charge in [-0.25, -0.2) is 8.42 Å². The lowest BCUT2D eigenvalue weighted by Crippen LogP contribution is -2.28. The first-order valence-electron chi connectivity index (χ1n) is 8.10. The third-order valence-corrected chi connectivity index (χ3v) is 5.46. The second-order valence-electron chi connectivity index (χ2n) is 5.53. The summed E-state index contributed by atoms with van der Waals surface area (Å²) in [4.78, 5) is 2.85. The van der Waals surface area contributed by atoms with Crippen LogP contribution < -0.4 is 0 Å². The van der Waals surface area contributed by atoms with Gasteiger partial charge in [-0.2, -0.15) is 0 Å². The van der Waals surface area contributed by atoms with Gasteiger partial charge in [0, 0.05) is 0 Å². The molecule has 3 nitrogen and oxygen atoms in total. The molecule has 0 aliphatic carbocycles. The topological polar surface area (TPSA) is 37.4 Å². The molecule has 1 rings (SSSR count). The van der Waals surface area contributed by atoms with Crippen molar-refractivity contribution in [3.63, 3.8) is 0 Å². The smallest absolute Gasteiger partial charge is 0.178 e. The molecule has 0 amide bonds. The maximum absolute atomic E-state index is 12.2. The molecule has 0 heterocycles. The van der Waals surface area contributed by atoms with Gasteiger partial charge in [-0.05, 0) is 51.0 Å². The van der Waals surface area contributed by atoms with Crippen LogP contribution in [0.5, 0.6) is 0 Å². The van der Waals surface area contributed by atoms with Crippen molar-refractivity contribution in [1.82, 2.24) is 4.90 Å². The Bertz CT molecular complexity index is 463. The van der Waals surface area contributed by atoms with Crippen LogP contribution in [0.25, 0.3) is 0 Å². The zero-order chi connectivity index (χ0) is 15.6. The predicted molar refractivity (Wildman–Crippen MR) is 89.4 cm³/mol. The molecule has 120 valence electrons. The Morgan fingerprint density at radius 1 is 0.857 bits per heavy atom. The first-order valence-corrected chi connectivity index (χ1v) is 9.75. The molecule has 0 aromatic heterocycles. The average Bonchev–Trinajstić information content (AvgIpc) is 2.50. The molecule has 1 aromatic carbocycles. The lowest BCUT2D eigenvalue weighted by Gasteiger charge is -2.21. The summed E-state index contributed by atoms with van der Waals surface area (Å²) in [5, 5.41) is 0.